The third-order valence-electron chi connectivity index (χ3n) is 5.22. The number of hydrogen-bond acceptors (Lipinski definition) is 4. The molecular formula is C27H26FN3O3. The summed E-state index contributed by atoms with van der Waals surface area (Å²) in [5.74, 6) is -0.437. The number of fused-ring (bicyclic) bond motifs is 1. The second-order valence-corrected chi connectivity index (χ2v) is 9.12. The van der Waals surface area contributed by atoms with Crippen molar-refractivity contribution in [3.05, 3.63) is 83.7 Å². The zero-order valence-electron chi connectivity index (χ0n) is 19.6. The minimum Gasteiger partial charge on any atom is -0.442 e. The van der Waals surface area contributed by atoms with Crippen molar-refractivity contribution in [3.8, 4) is 11.1 Å². The van der Waals surface area contributed by atoms with Crippen molar-refractivity contribution in [1.29, 1.82) is 0 Å². The number of aromatic nitrogens is 2. The molecule has 0 spiro atoms. The summed E-state index contributed by atoms with van der Waals surface area (Å²) in [6, 6.07) is 19.3. The molecule has 7 heteroatoms. The summed E-state index contributed by atoms with van der Waals surface area (Å²) in [5, 5.41) is 7.69. The van der Waals surface area contributed by atoms with Gasteiger partial charge in [0.15, 0.2) is 5.82 Å². The molecule has 1 N–H and O–H groups in total. The minimum atomic E-state index is -0.728. The highest BCUT2D eigenvalue weighted by atomic mass is 19.1. The molecule has 0 aliphatic carbocycles. The lowest BCUT2D eigenvalue weighted by molar-refractivity contribution is -0.115. The first-order valence-corrected chi connectivity index (χ1v) is 11.0. The van der Waals surface area contributed by atoms with E-state index in [4.69, 9.17) is 4.74 Å². The van der Waals surface area contributed by atoms with Crippen molar-refractivity contribution in [2.45, 2.75) is 39.7 Å². The number of nitrogens with one attached hydrogen (secondary N) is 1. The number of carbonyl (C=O) groups excluding carboxylic acids is 2. The van der Waals surface area contributed by atoms with Gasteiger partial charge in [0.2, 0.25) is 5.91 Å². The van der Waals surface area contributed by atoms with Crippen LogP contribution in [0.15, 0.2) is 66.7 Å². The first kappa shape index (κ1) is 23.2. The Balaban J connectivity index is 1.80. The molecule has 0 saturated carbocycles. The Morgan fingerprint density at radius 3 is 2.35 bits per heavy atom. The Labute approximate surface area is 197 Å². The number of anilines is 1. The highest BCUT2D eigenvalue weighted by Crippen LogP contribution is 2.33. The van der Waals surface area contributed by atoms with Crippen LogP contribution in [0.1, 0.15) is 31.9 Å². The molecule has 0 atom stereocenters. The number of carbonyl (C=O) groups is 2. The molecule has 4 aromatic rings. The summed E-state index contributed by atoms with van der Waals surface area (Å²) in [7, 11) is 0. The molecule has 6 nitrogen and oxygen atoms in total. The number of nitrogens with zero attached hydrogens (tertiary/aromatic N) is 2. The fourth-order valence-electron chi connectivity index (χ4n) is 3.73. The first-order chi connectivity index (χ1) is 16.1. The lowest BCUT2D eigenvalue weighted by Crippen LogP contribution is -2.27. The fraction of sp³-hybridized carbons (Fsp3) is 0.222. The van der Waals surface area contributed by atoms with E-state index in [-0.39, 0.29) is 24.0 Å². The van der Waals surface area contributed by atoms with Gasteiger partial charge in [0, 0.05) is 10.9 Å². The van der Waals surface area contributed by atoms with Gasteiger partial charge in [-0.25, -0.2) is 9.18 Å². The number of hydrogen-bond donors (Lipinski definition) is 1. The molecule has 0 radical (unpaired) electrons. The van der Waals surface area contributed by atoms with Gasteiger partial charge in [-0.15, -0.1) is 5.10 Å². The van der Waals surface area contributed by atoms with E-state index in [9.17, 15) is 14.0 Å². The molecule has 3 aromatic carbocycles. The van der Waals surface area contributed by atoms with Gasteiger partial charge in [-0.1, -0.05) is 48.5 Å². The highest BCUT2D eigenvalue weighted by molar-refractivity contribution is 6.04. The van der Waals surface area contributed by atoms with Gasteiger partial charge in [-0.3, -0.25) is 4.79 Å². The maximum absolute atomic E-state index is 14.6. The summed E-state index contributed by atoms with van der Waals surface area (Å²) in [6.07, 6.45) is -0.521. The molecule has 1 aromatic heterocycles. The van der Waals surface area contributed by atoms with Gasteiger partial charge in [0.25, 0.3) is 0 Å². The van der Waals surface area contributed by atoms with Crippen LogP contribution in [0.3, 0.4) is 0 Å². The summed E-state index contributed by atoms with van der Waals surface area (Å²) in [4.78, 5) is 25.7. The molecule has 1 amide bonds. The van der Waals surface area contributed by atoms with Crippen LogP contribution in [0.4, 0.5) is 15.0 Å². The molecule has 174 valence electrons. The standard InChI is InChI=1S/C27H26FN3O3/c1-17-14-23-21(16-20(17)19-12-8-9-13-22(19)28)25(30-31(23)26(33)34-27(2,3)4)29-24(32)15-18-10-6-5-7-11-18/h5-14,16H,15H2,1-4H3,(H,29,30,32). The predicted octanol–water partition coefficient (Wildman–Crippen LogP) is 6.12. The van der Waals surface area contributed by atoms with Crippen molar-refractivity contribution < 1.29 is 18.7 Å². The molecule has 0 saturated heterocycles. The van der Waals surface area contributed by atoms with Crippen molar-refractivity contribution >= 4 is 28.7 Å². The summed E-state index contributed by atoms with van der Waals surface area (Å²) in [5.41, 5.74) is 2.40. The molecule has 0 unspecified atom stereocenters. The molecule has 0 fully saturated rings. The maximum atomic E-state index is 14.6. The Morgan fingerprint density at radius 2 is 1.68 bits per heavy atom. The molecule has 0 aliphatic heterocycles. The van der Waals surface area contributed by atoms with Gasteiger partial charge in [0.1, 0.15) is 11.4 Å². The van der Waals surface area contributed by atoms with E-state index in [1.165, 1.54) is 6.07 Å². The number of ether oxygens (including phenoxy) is 1. The van der Waals surface area contributed by atoms with Crippen LogP contribution in [-0.2, 0) is 16.0 Å². The summed E-state index contributed by atoms with van der Waals surface area (Å²) in [6.45, 7) is 7.13. The number of aryl methyl sites for hydroxylation is 1. The van der Waals surface area contributed by atoms with Crippen molar-refractivity contribution in [1.82, 2.24) is 9.78 Å². The average molecular weight is 460 g/mol. The van der Waals surface area contributed by atoms with Gasteiger partial charge in [-0.05, 0) is 62.6 Å². The lowest BCUT2D eigenvalue weighted by atomic mass is 9.98. The van der Waals surface area contributed by atoms with Crippen LogP contribution >= 0.6 is 0 Å². The monoisotopic (exact) mass is 459 g/mol. The van der Waals surface area contributed by atoms with Gasteiger partial charge >= 0.3 is 6.09 Å². The van der Waals surface area contributed by atoms with Gasteiger partial charge in [-0.2, -0.15) is 4.68 Å². The maximum Gasteiger partial charge on any atom is 0.435 e. The second kappa shape index (κ2) is 9.09. The third kappa shape index (κ3) is 4.98. The van der Waals surface area contributed by atoms with Crippen molar-refractivity contribution in [3.63, 3.8) is 0 Å². The minimum absolute atomic E-state index is 0.146. The van der Waals surface area contributed by atoms with Crippen LogP contribution in [0.25, 0.3) is 22.0 Å². The zero-order chi connectivity index (χ0) is 24.5. The van der Waals surface area contributed by atoms with Crippen LogP contribution < -0.4 is 5.32 Å². The number of halogens is 1. The quantitative estimate of drug-likeness (QED) is 0.399. The Morgan fingerprint density at radius 1 is 1.00 bits per heavy atom. The summed E-state index contributed by atoms with van der Waals surface area (Å²) >= 11 is 0. The normalized spacial score (nSPS) is 11.4. The van der Waals surface area contributed by atoms with Crippen LogP contribution in [0.5, 0.6) is 0 Å². The van der Waals surface area contributed by atoms with E-state index in [1.54, 1.807) is 51.1 Å². The number of rotatable bonds is 4. The van der Waals surface area contributed by atoms with Crippen LogP contribution in [-0.4, -0.2) is 27.4 Å². The lowest BCUT2D eigenvalue weighted by Gasteiger charge is -2.19. The number of benzene rings is 3. The molecule has 1 heterocycles. The fourth-order valence-corrected chi connectivity index (χ4v) is 3.73. The molecule has 0 aliphatic rings. The van der Waals surface area contributed by atoms with E-state index < -0.39 is 11.7 Å². The molecule has 0 bridgehead atoms. The van der Waals surface area contributed by atoms with Crippen molar-refractivity contribution in [2.24, 2.45) is 0 Å². The van der Waals surface area contributed by atoms with E-state index in [0.29, 0.717) is 22.0 Å². The predicted molar refractivity (Wildman–Crippen MR) is 130 cm³/mol. The SMILES string of the molecule is Cc1cc2c(cc1-c1ccccc1F)c(NC(=O)Cc1ccccc1)nn2C(=O)OC(C)(C)C. The Hall–Kier alpha value is -4.00. The van der Waals surface area contributed by atoms with Crippen LogP contribution in [0.2, 0.25) is 0 Å². The molecule has 4 rings (SSSR count). The zero-order valence-corrected chi connectivity index (χ0v) is 19.6. The van der Waals surface area contributed by atoms with E-state index in [2.05, 4.69) is 10.4 Å². The van der Waals surface area contributed by atoms with Crippen molar-refractivity contribution in [2.75, 3.05) is 5.32 Å². The summed E-state index contributed by atoms with van der Waals surface area (Å²) < 4.78 is 21.2. The van der Waals surface area contributed by atoms with E-state index in [1.807, 2.05) is 37.3 Å². The van der Waals surface area contributed by atoms with E-state index >= 15 is 0 Å². The smallest absolute Gasteiger partial charge is 0.435 e. The number of amides is 1. The Bertz CT molecular complexity index is 1370. The van der Waals surface area contributed by atoms with E-state index in [0.717, 1.165) is 15.8 Å². The molecular weight excluding hydrogens is 433 g/mol. The average Bonchev–Trinajstić information content (AvgIpc) is 3.10. The second-order valence-electron chi connectivity index (χ2n) is 9.12. The largest absolute Gasteiger partial charge is 0.442 e. The topological polar surface area (TPSA) is 73.2 Å². The Kier molecular flexibility index (Phi) is 6.20. The third-order valence-corrected chi connectivity index (χ3v) is 5.22. The first-order valence-electron chi connectivity index (χ1n) is 11.0. The van der Waals surface area contributed by atoms with Crippen LogP contribution in [0, 0.1) is 12.7 Å². The van der Waals surface area contributed by atoms with Gasteiger partial charge in [0.05, 0.1) is 11.9 Å². The van der Waals surface area contributed by atoms with Gasteiger partial charge < -0.3 is 10.1 Å². The highest BCUT2D eigenvalue weighted by Gasteiger charge is 2.24. The molecule has 34 heavy (non-hydrogen) atoms.